The van der Waals surface area contributed by atoms with Crippen molar-refractivity contribution >= 4 is 28.6 Å². The Hall–Kier alpha value is -2.78. The molecule has 1 aliphatic rings. The second kappa shape index (κ2) is 10.0. The van der Waals surface area contributed by atoms with Crippen LogP contribution < -0.4 is 16.0 Å². The maximum Gasteiger partial charge on any atom is 0.225 e. The van der Waals surface area contributed by atoms with Crippen molar-refractivity contribution in [1.82, 2.24) is 30.0 Å². The van der Waals surface area contributed by atoms with E-state index in [0.717, 1.165) is 47.7 Å². The highest BCUT2D eigenvalue weighted by molar-refractivity contribution is 5.90. The number of hydrogen-bond acceptors (Lipinski definition) is 8. The first kappa shape index (κ1) is 21.5. The van der Waals surface area contributed by atoms with E-state index in [4.69, 9.17) is 19.8 Å². The van der Waals surface area contributed by atoms with Crippen LogP contribution in [-0.4, -0.2) is 57.6 Å². The van der Waals surface area contributed by atoms with Crippen LogP contribution in [0, 0.1) is 19.8 Å². The number of rotatable bonds is 9. The van der Waals surface area contributed by atoms with Crippen LogP contribution in [0.4, 0.5) is 17.6 Å². The molecular formula is C22H32N8O. The third kappa shape index (κ3) is 5.29. The Morgan fingerprint density at radius 3 is 2.84 bits per heavy atom. The molecule has 3 N–H and O–H groups in total. The zero-order valence-electron chi connectivity index (χ0n) is 18.6. The molecule has 4 heterocycles. The number of piperidine rings is 1. The molecule has 0 aliphatic carbocycles. The van der Waals surface area contributed by atoms with E-state index in [1.54, 1.807) is 6.20 Å². The first-order chi connectivity index (χ1) is 15.1. The molecule has 9 nitrogen and oxygen atoms in total. The monoisotopic (exact) mass is 424 g/mol. The van der Waals surface area contributed by atoms with Crippen LogP contribution in [-0.2, 0) is 11.3 Å². The number of aromatic nitrogens is 5. The molecule has 0 spiro atoms. The van der Waals surface area contributed by atoms with Crippen LogP contribution in [0.5, 0.6) is 0 Å². The van der Waals surface area contributed by atoms with E-state index in [1.165, 1.54) is 12.8 Å². The summed E-state index contributed by atoms with van der Waals surface area (Å²) in [6.07, 6.45) is 4.13. The average molecular weight is 425 g/mol. The Bertz CT molecular complexity index is 1010. The van der Waals surface area contributed by atoms with E-state index in [9.17, 15) is 0 Å². The topological polar surface area (TPSA) is 102 Å². The molecule has 31 heavy (non-hydrogen) atoms. The van der Waals surface area contributed by atoms with Crippen molar-refractivity contribution in [2.45, 2.75) is 40.2 Å². The summed E-state index contributed by atoms with van der Waals surface area (Å²) in [5, 5.41) is 15.0. The molecule has 1 fully saturated rings. The van der Waals surface area contributed by atoms with Crippen LogP contribution in [0.15, 0.2) is 18.3 Å². The highest BCUT2D eigenvalue weighted by atomic mass is 16.5. The number of ether oxygens (including phenoxy) is 1. The van der Waals surface area contributed by atoms with E-state index in [0.29, 0.717) is 37.4 Å². The second-order valence-electron chi connectivity index (χ2n) is 8.02. The quantitative estimate of drug-likeness (QED) is 0.451. The van der Waals surface area contributed by atoms with Gasteiger partial charge in [-0.3, -0.25) is 4.68 Å². The largest absolute Gasteiger partial charge is 0.380 e. The van der Waals surface area contributed by atoms with Crippen molar-refractivity contribution in [1.29, 1.82) is 0 Å². The molecule has 0 aromatic carbocycles. The number of aryl methyl sites for hydroxylation is 2. The van der Waals surface area contributed by atoms with Crippen molar-refractivity contribution in [3.05, 3.63) is 29.6 Å². The SMILES string of the molecule is CCOCCn1nc(C)c2nc(NCC3CCNCC3)nc(Nc3cc(C)ccn3)c21. The first-order valence-electron chi connectivity index (χ1n) is 11.1. The van der Waals surface area contributed by atoms with Gasteiger partial charge < -0.3 is 20.7 Å². The lowest BCUT2D eigenvalue weighted by Gasteiger charge is -2.22. The third-order valence-electron chi connectivity index (χ3n) is 5.58. The normalized spacial score (nSPS) is 14.8. The van der Waals surface area contributed by atoms with Gasteiger partial charge in [-0.2, -0.15) is 10.1 Å². The highest BCUT2D eigenvalue weighted by Crippen LogP contribution is 2.27. The fraction of sp³-hybridized carbons (Fsp3) is 0.545. The Labute approximate surface area is 183 Å². The summed E-state index contributed by atoms with van der Waals surface area (Å²) in [5.74, 6) is 2.70. The van der Waals surface area contributed by atoms with Crippen molar-refractivity contribution < 1.29 is 4.74 Å². The number of anilines is 3. The molecule has 3 aromatic rings. The first-order valence-corrected chi connectivity index (χ1v) is 11.1. The Morgan fingerprint density at radius 2 is 2.06 bits per heavy atom. The van der Waals surface area contributed by atoms with Crippen LogP contribution in [0.1, 0.15) is 31.0 Å². The molecule has 0 amide bonds. The minimum Gasteiger partial charge on any atom is -0.380 e. The third-order valence-corrected chi connectivity index (χ3v) is 5.58. The molecule has 3 aromatic heterocycles. The van der Waals surface area contributed by atoms with Gasteiger partial charge >= 0.3 is 0 Å². The number of hydrogen-bond donors (Lipinski definition) is 3. The Morgan fingerprint density at radius 1 is 1.23 bits per heavy atom. The fourth-order valence-corrected chi connectivity index (χ4v) is 3.90. The standard InChI is InChI=1S/C22H32N8O/c1-4-31-12-11-30-20-19(16(3)29-30)27-22(25-14-17-6-8-23-9-7-17)28-21(20)26-18-13-15(2)5-10-24-18/h5,10,13,17,23H,4,6-9,11-12,14H2,1-3H3,(H2,24,25,26,27,28). The van der Waals surface area contributed by atoms with E-state index < -0.39 is 0 Å². The predicted octanol–water partition coefficient (Wildman–Crippen LogP) is 3.03. The van der Waals surface area contributed by atoms with Crippen molar-refractivity contribution in [2.24, 2.45) is 5.92 Å². The lowest BCUT2D eigenvalue weighted by Crippen LogP contribution is -2.31. The van der Waals surface area contributed by atoms with Crippen LogP contribution in [0.3, 0.4) is 0 Å². The van der Waals surface area contributed by atoms with Gasteiger partial charge in [0, 0.05) is 19.3 Å². The van der Waals surface area contributed by atoms with Gasteiger partial charge in [-0.25, -0.2) is 9.97 Å². The molecule has 0 atom stereocenters. The molecule has 0 unspecified atom stereocenters. The van der Waals surface area contributed by atoms with Crippen molar-refractivity contribution in [3.63, 3.8) is 0 Å². The molecule has 4 rings (SSSR count). The molecule has 9 heteroatoms. The second-order valence-corrected chi connectivity index (χ2v) is 8.02. The molecule has 0 saturated carbocycles. The lowest BCUT2D eigenvalue weighted by molar-refractivity contribution is 0.137. The zero-order valence-corrected chi connectivity index (χ0v) is 18.6. The summed E-state index contributed by atoms with van der Waals surface area (Å²) < 4.78 is 7.47. The highest BCUT2D eigenvalue weighted by Gasteiger charge is 2.19. The molecule has 1 aliphatic heterocycles. The van der Waals surface area contributed by atoms with Gasteiger partial charge in [0.1, 0.15) is 16.9 Å². The minimum atomic E-state index is 0.588. The molecule has 0 bridgehead atoms. The van der Waals surface area contributed by atoms with E-state index in [1.807, 2.05) is 37.6 Å². The van der Waals surface area contributed by atoms with Gasteiger partial charge in [0.15, 0.2) is 5.82 Å². The van der Waals surface area contributed by atoms with Crippen LogP contribution >= 0.6 is 0 Å². The average Bonchev–Trinajstić information content (AvgIpc) is 3.09. The molecule has 1 saturated heterocycles. The van der Waals surface area contributed by atoms with E-state index in [2.05, 4.69) is 20.9 Å². The molecule has 166 valence electrons. The van der Waals surface area contributed by atoms with Crippen LogP contribution in [0.2, 0.25) is 0 Å². The van der Waals surface area contributed by atoms with Gasteiger partial charge in [-0.05, 0) is 70.3 Å². The van der Waals surface area contributed by atoms with E-state index >= 15 is 0 Å². The molecule has 0 radical (unpaired) electrons. The van der Waals surface area contributed by atoms with Gasteiger partial charge in [0.05, 0.1) is 18.8 Å². The Balaban J connectivity index is 1.66. The van der Waals surface area contributed by atoms with Crippen molar-refractivity contribution in [2.75, 3.05) is 43.5 Å². The summed E-state index contributed by atoms with van der Waals surface area (Å²) in [6, 6.07) is 3.98. The van der Waals surface area contributed by atoms with Crippen LogP contribution in [0.25, 0.3) is 11.0 Å². The summed E-state index contributed by atoms with van der Waals surface area (Å²) in [7, 11) is 0. The molecular weight excluding hydrogens is 392 g/mol. The van der Waals surface area contributed by atoms with Gasteiger partial charge in [-0.1, -0.05) is 0 Å². The zero-order chi connectivity index (χ0) is 21.6. The maximum atomic E-state index is 5.55. The fourth-order valence-electron chi connectivity index (χ4n) is 3.90. The minimum absolute atomic E-state index is 0.588. The predicted molar refractivity (Wildman–Crippen MR) is 123 cm³/mol. The lowest BCUT2D eigenvalue weighted by atomic mass is 9.98. The summed E-state index contributed by atoms with van der Waals surface area (Å²) in [5.41, 5.74) is 3.72. The van der Waals surface area contributed by atoms with Gasteiger partial charge in [0.25, 0.3) is 0 Å². The van der Waals surface area contributed by atoms with Gasteiger partial charge in [0.2, 0.25) is 5.95 Å². The van der Waals surface area contributed by atoms with Crippen molar-refractivity contribution in [3.8, 4) is 0 Å². The Kier molecular flexibility index (Phi) is 6.93. The summed E-state index contributed by atoms with van der Waals surface area (Å²) in [4.78, 5) is 14.1. The maximum absolute atomic E-state index is 5.55. The number of nitrogens with one attached hydrogen (secondary N) is 3. The number of pyridine rings is 1. The summed E-state index contributed by atoms with van der Waals surface area (Å²) >= 11 is 0. The van der Waals surface area contributed by atoms with Gasteiger partial charge in [-0.15, -0.1) is 0 Å². The number of fused-ring (bicyclic) bond motifs is 1. The summed E-state index contributed by atoms with van der Waals surface area (Å²) in [6.45, 7) is 10.9. The van der Waals surface area contributed by atoms with E-state index in [-0.39, 0.29) is 0 Å². The smallest absolute Gasteiger partial charge is 0.225 e. The number of nitrogens with zero attached hydrogens (tertiary/aromatic N) is 5.